The molecule has 7 heteroatoms. The fourth-order valence-corrected chi connectivity index (χ4v) is 3.67. The fourth-order valence-electron chi connectivity index (χ4n) is 2.86. The molecule has 4 heterocycles. The first-order valence-electron chi connectivity index (χ1n) is 7.40. The third-order valence-electron chi connectivity index (χ3n) is 3.89. The molecular weight excluding hydrogens is 300 g/mol. The van der Waals surface area contributed by atoms with Crippen LogP contribution in [0, 0.1) is 0 Å². The molecule has 0 N–H and O–H groups in total. The predicted octanol–water partition coefficient (Wildman–Crippen LogP) is 3.51. The van der Waals surface area contributed by atoms with Crippen molar-refractivity contribution < 1.29 is 8.94 Å². The molecule has 4 rings (SSSR count). The molecule has 3 aromatic rings. The van der Waals surface area contributed by atoms with Crippen molar-refractivity contribution in [2.45, 2.75) is 31.8 Å². The van der Waals surface area contributed by atoms with Crippen LogP contribution in [0.3, 0.4) is 0 Å². The van der Waals surface area contributed by atoms with Gasteiger partial charge in [0, 0.05) is 11.6 Å². The number of aromatic nitrogens is 3. The van der Waals surface area contributed by atoms with Gasteiger partial charge in [-0.05, 0) is 31.5 Å². The van der Waals surface area contributed by atoms with Gasteiger partial charge in [-0.1, -0.05) is 11.6 Å². The Kier molecular flexibility index (Phi) is 3.74. The molecule has 1 saturated heterocycles. The number of rotatable bonds is 4. The summed E-state index contributed by atoms with van der Waals surface area (Å²) in [5, 5.41) is 7.29. The van der Waals surface area contributed by atoms with E-state index in [-0.39, 0.29) is 0 Å². The lowest BCUT2D eigenvalue weighted by atomic mass is 10.0. The Morgan fingerprint density at radius 1 is 1.36 bits per heavy atom. The van der Waals surface area contributed by atoms with E-state index in [4.69, 9.17) is 8.94 Å². The molecule has 1 aliphatic heterocycles. The predicted molar refractivity (Wildman–Crippen MR) is 81.1 cm³/mol. The van der Waals surface area contributed by atoms with E-state index in [2.05, 4.69) is 20.0 Å². The molecule has 1 fully saturated rings. The van der Waals surface area contributed by atoms with Gasteiger partial charge in [0.1, 0.15) is 5.01 Å². The van der Waals surface area contributed by atoms with Crippen LogP contribution in [0.5, 0.6) is 0 Å². The van der Waals surface area contributed by atoms with Crippen LogP contribution in [0.4, 0.5) is 0 Å². The molecule has 0 amide bonds. The summed E-state index contributed by atoms with van der Waals surface area (Å²) in [5.41, 5.74) is 0. The number of thiazole rings is 1. The first kappa shape index (κ1) is 13.7. The largest absolute Gasteiger partial charge is 0.459 e. The standard InChI is InChI=1S/C15H16N4O2S/c1-2-7-19(11(4-1)15-16-6-9-22-15)10-13-17-14(21-18-13)12-5-3-8-20-12/h3,5-6,8-9,11H,1-2,4,7,10H2/t11-/m1/s1. The Balaban J connectivity index is 1.52. The molecular formula is C15H16N4O2S. The van der Waals surface area contributed by atoms with E-state index in [1.165, 1.54) is 17.8 Å². The smallest absolute Gasteiger partial charge is 0.293 e. The van der Waals surface area contributed by atoms with Gasteiger partial charge in [0.05, 0.1) is 18.8 Å². The highest BCUT2D eigenvalue weighted by Gasteiger charge is 2.27. The second-order valence-electron chi connectivity index (χ2n) is 5.35. The summed E-state index contributed by atoms with van der Waals surface area (Å²) >= 11 is 1.71. The number of hydrogen-bond donors (Lipinski definition) is 0. The molecule has 0 aromatic carbocycles. The van der Waals surface area contributed by atoms with Crippen LogP contribution < -0.4 is 0 Å². The van der Waals surface area contributed by atoms with Crippen molar-refractivity contribution in [2.24, 2.45) is 0 Å². The fraction of sp³-hybridized carbons (Fsp3) is 0.400. The average molecular weight is 316 g/mol. The average Bonchev–Trinajstić information content (AvgIpc) is 3.30. The lowest BCUT2D eigenvalue weighted by molar-refractivity contribution is 0.135. The topological polar surface area (TPSA) is 68.2 Å². The Morgan fingerprint density at radius 3 is 3.18 bits per heavy atom. The van der Waals surface area contributed by atoms with E-state index in [1.54, 1.807) is 17.6 Å². The Hall–Kier alpha value is -1.99. The van der Waals surface area contributed by atoms with Gasteiger partial charge in [-0.2, -0.15) is 4.98 Å². The third kappa shape index (κ3) is 2.69. The van der Waals surface area contributed by atoms with Crippen LogP contribution in [0.1, 0.15) is 36.1 Å². The summed E-state index contributed by atoms with van der Waals surface area (Å²) in [6.07, 6.45) is 7.05. The van der Waals surface area contributed by atoms with Crippen molar-refractivity contribution in [3.8, 4) is 11.7 Å². The SMILES string of the molecule is c1coc(-c2nc(CN3CCCC[C@@H]3c3nccs3)no2)c1. The number of nitrogens with zero attached hydrogens (tertiary/aromatic N) is 4. The van der Waals surface area contributed by atoms with Crippen molar-refractivity contribution in [2.75, 3.05) is 6.54 Å². The molecule has 0 spiro atoms. The molecule has 6 nitrogen and oxygen atoms in total. The number of furan rings is 1. The maximum Gasteiger partial charge on any atom is 0.293 e. The molecule has 114 valence electrons. The Morgan fingerprint density at radius 2 is 2.36 bits per heavy atom. The van der Waals surface area contributed by atoms with Crippen LogP contribution in [-0.4, -0.2) is 26.6 Å². The van der Waals surface area contributed by atoms with Crippen LogP contribution in [-0.2, 0) is 6.54 Å². The van der Waals surface area contributed by atoms with Crippen molar-refractivity contribution in [3.05, 3.63) is 40.8 Å². The highest BCUT2D eigenvalue weighted by atomic mass is 32.1. The summed E-state index contributed by atoms with van der Waals surface area (Å²) in [6, 6.07) is 3.98. The molecule has 0 aliphatic carbocycles. The van der Waals surface area contributed by atoms with Crippen molar-refractivity contribution >= 4 is 11.3 Å². The zero-order valence-electron chi connectivity index (χ0n) is 12.0. The normalized spacial score (nSPS) is 19.5. The first-order valence-corrected chi connectivity index (χ1v) is 8.28. The zero-order valence-corrected chi connectivity index (χ0v) is 12.8. The molecule has 0 unspecified atom stereocenters. The van der Waals surface area contributed by atoms with Crippen LogP contribution in [0.25, 0.3) is 11.7 Å². The van der Waals surface area contributed by atoms with E-state index in [1.807, 2.05) is 23.7 Å². The van der Waals surface area contributed by atoms with E-state index in [0.717, 1.165) is 13.0 Å². The molecule has 3 aromatic heterocycles. The number of likely N-dealkylation sites (tertiary alicyclic amines) is 1. The number of hydrogen-bond acceptors (Lipinski definition) is 7. The van der Waals surface area contributed by atoms with Crippen molar-refractivity contribution in [3.63, 3.8) is 0 Å². The van der Waals surface area contributed by atoms with E-state index < -0.39 is 0 Å². The monoisotopic (exact) mass is 316 g/mol. The van der Waals surface area contributed by atoms with Gasteiger partial charge in [0.25, 0.3) is 5.89 Å². The van der Waals surface area contributed by atoms with Crippen LogP contribution >= 0.6 is 11.3 Å². The summed E-state index contributed by atoms with van der Waals surface area (Å²) in [5.74, 6) is 1.73. The molecule has 0 radical (unpaired) electrons. The van der Waals surface area contributed by atoms with Gasteiger partial charge in [-0.25, -0.2) is 4.98 Å². The Bertz CT molecular complexity index is 708. The Labute approximate surface area is 131 Å². The molecule has 1 aliphatic rings. The minimum atomic E-state index is 0.360. The second kappa shape index (κ2) is 6.02. The molecule has 0 bridgehead atoms. The van der Waals surface area contributed by atoms with Gasteiger partial charge in [-0.15, -0.1) is 11.3 Å². The molecule has 22 heavy (non-hydrogen) atoms. The van der Waals surface area contributed by atoms with Crippen molar-refractivity contribution in [1.29, 1.82) is 0 Å². The van der Waals surface area contributed by atoms with E-state index in [0.29, 0.717) is 30.1 Å². The van der Waals surface area contributed by atoms with Gasteiger partial charge >= 0.3 is 0 Å². The van der Waals surface area contributed by atoms with Gasteiger partial charge in [-0.3, -0.25) is 4.90 Å². The molecule has 1 atom stereocenters. The van der Waals surface area contributed by atoms with Crippen LogP contribution in [0.2, 0.25) is 0 Å². The summed E-state index contributed by atoms with van der Waals surface area (Å²) in [6.45, 7) is 1.71. The highest BCUT2D eigenvalue weighted by molar-refractivity contribution is 7.09. The summed E-state index contributed by atoms with van der Waals surface area (Å²) < 4.78 is 10.6. The van der Waals surface area contributed by atoms with Gasteiger partial charge < -0.3 is 8.94 Å². The lowest BCUT2D eigenvalue weighted by Crippen LogP contribution is -2.33. The summed E-state index contributed by atoms with van der Waals surface area (Å²) in [7, 11) is 0. The van der Waals surface area contributed by atoms with E-state index in [9.17, 15) is 0 Å². The van der Waals surface area contributed by atoms with E-state index >= 15 is 0 Å². The first-order chi connectivity index (χ1) is 10.9. The van der Waals surface area contributed by atoms with Gasteiger partial charge in [0.15, 0.2) is 11.6 Å². The highest BCUT2D eigenvalue weighted by Crippen LogP contribution is 2.33. The zero-order chi connectivity index (χ0) is 14.8. The lowest BCUT2D eigenvalue weighted by Gasteiger charge is -2.33. The summed E-state index contributed by atoms with van der Waals surface area (Å²) in [4.78, 5) is 11.3. The second-order valence-corrected chi connectivity index (χ2v) is 6.27. The van der Waals surface area contributed by atoms with Crippen molar-refractivity contribution in [1.82, 2.24) is 20.0 Å². The maximum atomic E-state index is 5.28. The van der Waals surface area contributed by atoms with Crippen LogP contribution in [0.15, 0.2) is 38.9 Å². The van der Waals surface area contributed by atoms with Gasteiger partial charge in [0.2, 0.25) is 0 Å². The quantitative estimate of drug-likeness (QED) is 0.733. The number of piperidine rings is 1. The molecule has 0 saturated carbocycles. The minimum Gasteiger partial charge on any atom is -0.459 e. The third-order valence-corrected chi connectivity index (χ3v) is 4.77. The minimum absolute atomic E-state index is 0.360. The maximum absolute atomic E-state index is 5.28.